The molecule has 0 aromatic heterocycles. The zero-order valence-corrected chi connectivity index (χ0v) is 6.13. The van der Waals surface area contributed by atoms with Gasteiger partial charge in [0, 0.05) is 0 Å². The maximum Gasteiger partial charge on any atom is 0.320 e. The second-order valence-corrected chi connectivity index (χ2v) is 2.98. The molecule has 0 saturated carbocycles. The van der Waals surface area contributed by atoms with Gasteiger partial charge in [-0.3, -0.25) is 4.79 Å². The Morgan fingerprint density at radius 2 is 2.30 bits per heavy atom. The van der Waals surface area contributed by atoms with Gasteiger partial charge >= 0.3 is 5.97 Å². The number of hydrogen-bond donors (Lipinski definition) is 2. The van der Waals surface area contributed by atoms with Crippen molar-refractivity contribution in [1.29, 1.82) is 0 Å². The molecule has 10 heavy (non-hydrogen) atoms. The highest BCUT2D eigenvalue weighted by Crippen LogP contribution is 2.12. The van der Waals surface area contributed by atoms with E-state index in [9.17, 15) is 4.79 Å². The fourth-order valence-corrected chi connectivity index (χ4v) is 1.21. The Kier molecular flexibility index (Phi) is 2.27. The van der Waals surface area contributed by atoms with Crippen LogP contribution in [0.2, 0.25) is 0 Å². The molecule has 0 aliphatic carbocycles. The molecule has 1 unspecified atom stereocenters. The van der Waals surface area contributed by atoms with Crippen LogP contribution in [0, 0.1) is 5.92 Å². The van der Waals surface area contributed by atoms with Gasteiger partial charge in [0.1, 0.15) is 6.04 Å². The van der Waals surface area contributed by atoms with Gasteiger partial charge in [0.15, 0.2) is 0 Å². The van der Waals surface area contributed by atoms with E-state index in [2.05, 4.69) is 12.2 Å². The highest BCUT2D eigenvalue weighted by atomic mass is 16.4. The van der Waals surface area contributed by atoms with Crippen molar-refractivity contribution in [2.45, 2.75) is 25.8 Å². The predicted molar refractivity (Wildman–Crippen MR) is 37.8 cm³/mol. The summed E-state index contributed by atoms with van der Waals surface area (Å²) in [6.45, 7) is 2.97. The largest absolute Gasteiger partial charge is 0.480 e. The molecule has 0 aromatic carbocycles. The minimum absolute atomic E-state index is 0.295. The molecule has 3 heteroatoms. The van der Waals surface area contributed by atoms with Gasteiger partial charge in [-0.2, -0.15) is 0 Å². The third-order valence-corrected chi connectivity index (χ3v) is 1.96. The van der Waals surface area contributed by atoms with E-state index >= 15 is 0 Å². The van der Waals surface area contributed by atoms with Crippen LogP contribution in [0.3, 0.4) is 0 Å². The molecule has 1 fully saturated rings. The molecule has 1 saturated heterocycles. The first-order valence-electron chi connectivity index (χ1n) is 3.66. The number of carboxylic acid groups (broad SMARTS) is 1. The smallest absolute Gasteiger partial charge is 0.320 e. The van der Waals surface area contributed by atoms with Crippen molar-refractivity contribution in [2.75, 3.05) is 6.54 Å². The molecule has 1 aliphatic heterocycles. The molecule has 3 nitrogen and oxygen atoms in total. The lowest BCUT2D eigenvalue weighted by molar-refractivity contribution is -0.140. The van der Waals surface area contributed by atoms with Crippen molar-refractivity contribution in [3.8, 4) is 0 Å². The zero-order chi connectivity index (χ0) is 7.56. The summed E-state index contributed by atoms with van der Waals surface area (Å²) < 4.78 is 0. The van der Waals surface area contributed by atoms with Gasteiger partial charge in [-0.1, -0.05) is 6.92 Å². The van der Waals surface area contributed by atoms with E-state index in [1.807, 2.05) is 0 Å². The van der Waals surface area contributed by atoms with Crippen molar-refractivity contribution in [1.82, 2.24) is 5.32 Å². The minimum atomic E-state index is -0.716. The number of aliphatic carboxylic acids is 1. The molecule has 58 valence electrons. The van der Waals surface area contributed by atoms with Crippen LogP contribution in [0.15, 0.2) is 0 Å². The van der Waals surface area contributed by atoms with Crippen LogP contribution < -0.4 is 5.32 Å². The quantitative estimate of drug-likeness (QED) is 0.560. The lowest BCUT2D eigenvalue weighted by Gasteiger charge is -2.24. The Labute approximate surface area is 60.4 Å². The van der Waals surface area contributed by atoms with Gasteiger partial charge < -0.3 is 10.4 Å². The average molecular weight is 143 g/mol. The molecule has 0 spiro atoms. The van der Waals surface area contributed by atoms with Crippen LogP contribution in [0.5, 0.6) is 0 Å². The lowest BCUT2D eigenvalue weighted by Crippen LogP contribution is -2.43. The number of rotatable bonds is 1. The molecular formula is C7H13NO2. The first-order valence-corrected chi connectivity index (χ1v) is 3.66. The third kappa shape index (κ3) is 1.70. The molecule has 1 rings (SSSR count). The highest BCUT2D eigenvalue weighted by molar-refractivity contribution is 5.73. The topological polar surface area (TPSA) is 49.3 Å². The lowest BCUT2D eigenvalue weighted by atomic mass is 9.97. The summed E-state index contributed by atoms with van der Waals surface area (Å²) in [6.07, 6.45) is 1.81. The molecule has 2 N–H and O–H groups in total. The van der Waals surface area contributed by atoms with E-state index in [1.54, 1.807) is 0 Å². The van der Waals surface area contributed by atoms with Crippen molar-refractivity contribution in [2.24, 2.45) is 5.92 Å². The van der Waals surface area contributed by atoms with Crippen LogP contribution in [0.1, 0.15) is 19.8 Å². The predicted octanol–water partition coefficient (Wildman–Crippen LogP) is 0.459. The fraction of sp³-hybridized carbons (Fsp3) is 0.857. The SMILES string of the molecule is C[C@@H]1CCC(C(=O)O)NC1. The summed E-state index contributed by atoms with van der Waals surface area (Å²) in [4.78, 5) is 10.4. The molecule has 0 bridgehead atoms. The van der Waals surface area contributed by atoms with Crippen LogP contribution in [0.4, 0.5) is 0 Å². The molecule has 0 radical (unpaired) electrons. The molecule has 1 heterocycles. The van der Waals surface area contributed by atoms with Gasteiger partial charge in [-0.05, 0) is 25.3 Å². The van der Waals surface area contributed by atoms with E-state index in [1.165, 1.54) is 0 Å². The van der Waals surface area contributed by atoms with Crippen molar-refractivity contribution >= 4 is 5.97 Å². The third-order valence-electron chi connectivity index (χ3n) is 1.96. The summed E-state index contributed by atoms with van der Waals surface area (Å²) in [5, 5.41) is 11.5. The number of piperidine rings is 1. The van der Waals surface area contributed by atoms with E-state index in [0.29, 0.717) is 5.92 Å². The van der Waals surface area contributed by atoms with Crippen LogP contribution in [-0.4, -0.2) is 23.7 Å². The summed E-state index contributed by atoms with van der Waals surface area (Å²) in [6, 6.07) is -0.295. The summed E-state index contributed by atoms with van der Waals surface area (Å²) >= 11 is 0. The first kappa shape index (κ1) is 7.54. The van der Waals surface area contributed by atoms with E-state index in [4.69, 9.17) is 5.11 Å². The number of carboxylic acids is 1. The van der Waals surface area contributed by atoms with Gasteiger partial charge in [-0.25, -0.2) is 0 Å². The minimum Gasteiger partial charge on any atom is -0.480 e. The summed E-state index contributed by atoms with van der Waals surface area (Å²) in [5.41, 5.74) is 0. The van der Waals surface area contributed by atoms with Crippen LogP contribution >= 0.6 is 0 Å². The second-order valence-electron chi connectivity index (χ2n) is 2.98. The normalized spacial score (nSPS) is 33.7. The molecule has 1 aliphatic rings. The van der Waals surface area contributed by atoms with Gasteiger partial charge in [-0.15, -0.1) is 0 Å². The molecule has 0 amide bonds. The number of carbonyl (C=O) groups is 1. The van der Waals surface area contributed by atoms with Crippen LogP contribution in [-0.2, 0) is 4.79 Å². The first-order chi connectivity index (χ1) is 4.70. The Hall–Kier alpha value is -0.570. The van der Waals surface area contributed by atoms with Gasteiger partial charge in [0.05, 0.1) is 0 Å². The van der Waals surface area contributed by atoms with E-state index in [-0.39, 0.29) is 6.04 Å². The molecule has 0 aromatic rings. The van der Waals surface area contributed by atoms with Crippen molar-refractivity contribution < 1.29 is 9.90 Å². The standard InChI is InChI=1S/C7H13NO2/c1-5-2-3-6(7(9)10)8-4-5/h5-6,8H,2-4H2,1H3,(H,9,10)/t5-,6?/m1/s1. The zero-order valence-electron chi connectivity index (χ0n) is 6.13. The Balaban J connectivity index is 2.33. The second kappa shape index (κ2) is 3.01. The Morgan fingerprint density at radius 1 is 1.60 bits per heavy atom. The maximum atomic E-state index is 10.4. The molecular weight excluding hydrogens is 130 g/mol. The molecule has 2 atom stereocenters. The van der Waals surface area contributed by atoms with Gasteiger partial charge in [0.25, 0.3) is 0 Å². The maximum absolute atomic E-state index is 10.4. The number of nitrogens with one attached hydrogen (secondary N) is 1. The van der Waals surface area contributed by atoms with Crippen LogP contribution in [0.25, 0.3) is 0 Å². The highest BCUT2D eigenvalue weighted by Gasteiger charge is 2.22. The average Bonchev–Trinajstić information content (AvgIpc) is 1.88. The van der Waals surface area contributed by atoms with Crippen molar-refractivity contribution in [3.05, 3.63) is 0 Å². The summed E-state index contributed by atoms with van der Waals surface area (Å²) in [5.74, 6) is -0.0810. The Bertz CT molecular complexity index is 128. The van der Waals surface area contributed by atoms with Gasteiger partial charge in [0.2, 0.25) is 0 Å². The summed E-state index contributed by atoms with van der Waals surface area (Å²) in [7, 11) is 0. The Morgan fingerprint density at radius 3 is 2.70 bits per heavy atom. The van der Waals surface area contributed by atoms with E-state index < -0.39 is 5.97 Å². The fourth-order valence-electron chi connectivity index (χ4n) is 1.21. The van der Waals surface area contributed by atoms with E-state index in [0.717, 1.165) is 19.4 Å². The number of hydrogen-bond acceptors (Lipinski definition) is 2. The van der Waals surface area contributed by atoms with Crippen molar-refractivity contribution in [3.63, 3.8) is 0 Å². The monoisotopic (exact) mass is 143 g/mol.